The van der Waals surface area contributed by atoms with Crippen molar-refractivity contribution < 1.29 is 0 Å². The van der Waals surface area contributed by atoms with E-state index in [9.17, 15) is 0 Å². The van der Waals surface area contributed by atoms with E-state index in [0.717, 1.165) is 13.0 Å². The average Bonchev–Trinajstić information content (AvgIpc) is 2.21. The minimum Gasteiger partial charge on any atom is -0.312 e. The second-order valence-electron chi connectivity index (χ2n) is 6.23. The van der Waals surface area contributed by atoms with Gasteiger partial charge in [-0.25, -0.2) is 0 Å². The van der Waals surface area contributed by atoms with Gasteiger partial charge in [0.15, 0.2) is 0 Å². The molecule has 100 valence electrons. The van der Waals surface area contributed by atoms with Gasteiger partial charge in [-0.2, -0.15) is 0 Å². The third kappa shape index (κ3) is 5.50. The summed E-state index contributed by atoms with van der Waals surface area (Å²) < 4.78 is 0. The molecule has 0 fully saturated rings. The summed E-state index contributed by atoms with van der Waals surface area (Å²) >= 11 is 0. The number of aryl methyl sites for hydroxylation is 2. The molecule has 0 radical (unpaired) electrons. The molecule has 1 nitrogen and oxygen atoms in total. The lowest BCUT2D eigenvalue weighted by molar-refractivity contribution is 0.431. The molecule has 18 heavy (non-hydrogen) atoms. The molecule has 1 heteroatoms. The van der Waals surface area contributed by atoms with E-state index in [-0.39, 0.29) is 5.54 Å². The number of allylic oxidation sites excluding steroid dienone is 1. The van der Waals surface area contributed by atoms with Crippen LogP contribution in [0.3, 0.4) is 0 Å². The SMILES string of the molecule is CC(=CCCNC(C)(C)C)c1cc(C)cc(C)c1. The minimum absolute atomic E-state index is 0.210. The van der Waals surface area contributed by atoms with Crippen LogP contribution in [-0.2, 0) is 0 Å². The van der Waals surface area contributed by atoms with E-state index in [0.29, 0.717) is 0 Å². The molecule has 1 N–H and O–H groups in total. The average molecular weight is 245 g/mol. The van der Waals surface area contributed by atoms with Crippen molar-refractivity contribution in [3.05, 3.63) is 41.0 Å². The molecular weight excluding hydrogens is 218 g/mol. The number of hydrogen-bond donors (Lipinski definition) is 1. The minimum atomic E-state index is 0.210. The van der Waals surface area contributed by atoms with E-state index in [2.05, 4.69) is 71.1 Å². The Morgan fingerprint density at radius 2 is 1.67 bits per heavy atom. The summed E-state index contributed by atoms with van der Waals surface area (Å²) in [5.74, 6) is 0. The first-order valence-electron chi connectivity index (χ1n) is 6.78. The van der Waals surface area contributed by atoms with Crippen LogP contribution < -0.4 is 5.32 Å². The molecule has 0 aliphatic carbocycles. The molecule has 1 rings (SSSR count). The summed E-state index contributed by atoms with van der Waals surface area (Å²) in [6.45, 7) is 14.2. The van der Waals surface area contributed by atoms with Crippen LogP contribution in [0.25, 0.3) is 5.57 Å². The van der Waals surface area contributed by atoms with E-state index in [1.807, 2.05) is 0 Å². The van der Waals surface area contributed by atoms with E-state index < -0.39 is 0 Å². The Morgan fingerprint density at radius 3 is 2.17 bits per heavy atom. The summed E-state index contributed by atoms with van der Waals surface area (Å²) in [7, 11) is 0. The molecule has 0 aliphatic rings. The molecule has 0 bridgehead atoms. The van der Waals surface area contributed by atoms with Crippen LogP contribution >= 0.6 is 0 Å². The van der Waals surface area contributed by atoms with Crippen molar-refractivity contribution in [3.8, 4) is 0 Å². The smallest absolute Gasteiger partial charge is 0.00966 e. The van der Waals surface area contributed by atoms with Crippen molar-refractivity contribution >= 4 is 5.57 Å². The zero-order chi connectivity index (χ0) is 13.8. The molecule has 1 aromatic rings. The van der Waals surface area contributed by atoms with Crippen molar-refractivity contribution in [2.75, 3.05) is 6.54 Å². The van der Waals surface area contributed by atoms with Gasteiger partial charge in [-0.05, 0) is 65.6 Å². The highest BCUT2D eigenvalue weighted by atomic mass is 14.9. The fourth-order valence-corrected chi connectivity index (χ4v) is 2.06. The Balaban J connectivity index is 2.60. The highest BCUT2D eigenvalue weighted by Gasteiger charge is 2.06. The molecule has 0 aromatic heterocycles. The van der Waals surface area contributed by atoms with Crippen molar-refractivity contribution in [1.29, 1.82) is 0 Å². The number of benzene rings is 1. The molecule has 0 aliphatic heterocycles. The predicted octanol–water partition coefficient (Wildman–Crippen LogP) is 4.48. The van der Waals surface area contributed by atoms with E-state index in [1.165, 1.54) is 22.3 Å². The van der Waals surface area contributed by atoms with Gasteiger partial charge in [0.2, 0.25) is 0 Å². The van der Waals surface area contributed by atoms with Crippen LogP contribution in [0.15, 0.2) is 24.3 Å². The Hall–Kier alpha value is -1.08. The fourth-order valence-electron chi connectivity index (χ4n) is 2.06. The fraction of sp³-hybridized carbons (Fsp3) is 0.529. The van der Waals surface area contributed by atoms with Gasteiger partial charge < -0.3 is 5.32 Å². The van der Waals surface area contributed by atoms with Gasteiger partial charge in [0.1, 0.15) is 0 Å². The molecule has 0 saturated heterocycles. The van der Waals surface area contributed by atoms with Crippen LogP contribution in [-0.4, -0.2) is 12.1 Å². The standard InChI is InChI=1S/C17H27N/c1-13-10-14(2)12-16(11-13)15(3)8-7-9-18-17(4,5)6/h8,10-12,18H,7,9H2,1-6H3. The molecule has 0 unspecified atom stereocenters. The molecule has 0 atom stereocenters. The number of nitrogens with one attached hydrogen (secondary N) is 1. The highest BCUT2D eigenvalue weighted by Crippen LogP contribution is 2.18. The van der Waals surface area contributed by atoms with Gasteiger partial charge in [0, 0.05) is 5.54 Å². The summed E-state index contributed by atoms with van der Waals surface area (Å²) in [5, 5.41) is 3.51. The quantitative estimate of drug-likeness (QED) is 0.771. The van der Waals surface area contributed by atoms with Crippen molar-refractivity contribution in [2.45, 2.75) is 53.5 Å². The maximum absolute atomic E-state index is 3.51. The molecule has 0 spiro atoms. The second kappa shape index (κ2) is 6.19. The first-order valence-corrected chi connectivity index (χ1v) is 6.78. The summed E-state index contributed by atoms with van der Waals surface area (Å²) in [4.78, 5) is 0. The largest absolute Gasteiger partial charge is 0.312 e. The predicted molar refractivity (Wildman–Crippen MR) is 81.9 cm³/mol. The van der Waals surface area contributed by atoms with Gasteiger partial charge in [-0.15, -0.1) is 0 Å². The van der Waals surface area contributed by atoms with E-state index in [1.54, 1.807) is 0 Å². The van der Waals surface area contributed by atoms with Gasteiger partial charge in [-0.3, -0.25) is 0 Å². The van der Waals surface area contributed by atoms with Crippen LogP contribution in [0.5, 0.6) is 0 Å². The lowest BCUT2D eigenvalue weighted by Crippen LogP contribution is -2.36. The van der Waals surface area contributed by atoms with Gasteiger partial charge >= 0.3 is 0 Å². The lowest BCUT2D eigenvalue weighted by atomic mass is 10.0. The third-order valence-electron chi connectivity index (χ3n) is 2.93. The lowest BCUT2D eigenvalue weighted by Gasteiger charge is -2.19. The van der Waals surface area contributed by atoms with Gasteiger partial charge in [0.25, 0.3) is 0 Å². The molecule has 0 saturated carbocycles. The highest BCUT2D eigenvalue weighted by molar-refractivity contribution is 5.64. The third-order valence-corrected chi connectivity index (χ3v) is 2.93. The summed E-state index contributed by atoms with van der Waals surface area (Å²) in [6.07, 6.45) is 3.41. The maximum atomic E-state index is 3.51. The van der Waals surface area contributed by atoms with Crippen molar-refractivity contribution in [2.24, 2.45) is 0 Å². The van der Waals surface area contributed by atoms with Crippen LogP contribution in [0.2, 0.25) is 0 Å². The second-order valence-corrected chi connectivity index (χ2v) is 6.23. The summed E-state index contributed by atoms with van der Waals surface area (Å²) in [5.41, 5.74) is 5.61. The number of rotatable bonds is 4. The van der Waals surface area contributed by atoms with Gasteiger partial charge in [-0.1, -0.05) is 35.4 Å². The van der Waals surface area contributed by atoms with Crippen molar-refractivity contribution in [1.82, 2.24) is 5.32 Å². The van der Waals surface area contributed by atoms with E-state index >= 15 is 0 Å². The van der Waals surface area contributed by atoms with E-state index in [4.69, 9.17) is 0 Å². The van der Waals surface area contributed by atoms with Gasteiger partial charge in [0.05, 0.1) is 0 Å². The first kappa shape index (κ1) is 15.0. The zero-order valence-corrected chi connectivity index (χ0v) is 12.7. The Kier molecular flexibility index (Phi) is 5.15. The first-order chi connectivity index (χ1) is 8.28. The normalized spacial score (nSPS) is 12.9. The molecule has 0 amide bonds. The Labute approximate surface area is 112 Å². The molecule has 1 aromatic carbocycles. The van der Waals surface area contributed by atoms with Crippen LogP contribution in [0, 0.1) is 13.8 Å². The summed E-state index contributed by atoms with van der Waals surface area (Å²) in [6, 6.07) is 6.74. The van der Waals surface area contributed by atoms with Crippen LogP contribution in [0.4, 0.5) is 0 Å². The van der Waals surface area contributed by atoms with Crippen LogP contribution in [0.1, 0.15) is 50.8 Å². The molecular formula is C17H27N. The monoisotopic (exact) mass is 245 g/mol. The molecule has 0 heterocycles. The topological polar surface area (TPSA) is 12.0 Å². The van der Waals surface area contributed by atoms with Crippen molar-refractivity contribution in [3.63, 3.8) is 0 Å². The zero-order valence-electron chi connectivity index (χ0n) is 12.7. The number of hydrogen-bond acceptors (Lipinski definition) is 1. The Bertz CT molecular complexity index is 401. The Morgan fingerprint density at radius 1 is 1.11 bits per heavy atom. The maximum Gasteiger partial charge on any atom is 0.00966 e.